The molecule has 0 aliphatic heterocycles. The second-order valence-corrected chi connectivity index (χ2v) is 7.13. The lowest BCUT2D eigenvalue weighted by Gasteiger charge is -2.16. The molecule has 0 bridgehead atoms. The van der Waals surface area contributed by atoms with Gasteiger partial charge in [-0.2, -0.15) is 13.2 Å². The van der Waals surface area contributed by atoms with E-state index in [1.807, 2.05) is 0 Å². The molecule has 3 aromatic rings. The van der Waals surface area contributed by atoms with Gasteiger partial charge >= 0.3 is 17.8 Å². The average molecular weight is 504 g/mol. The first kappa shape index (κ1) is 26.0. The number of nitrogens with zero attached hydrogens (tertiary/aromatic N) is 1. The number of esters is 1. The minimum Gasteiger partial charge on any atom is -0.490 e. The molecule has 1 amide bonds. The smallest absolute Gasteiger partial charge is 0.416 e. The van der Waals surface area contributed by atoms with E-state index in [4.69, 9.17) is 14.2 Å². The van der Waals surface area contributed by atoms with Crippen LogP contribution < -0.4 is 14.8 Å². The van der Waals surface area contributed by atoms with Crippen molar-refractivity contribution in [3.05, 3.63) is 87.5 Å². The molecular weight excluding hydrogens is 485 g/mol. The maximum atomic E-state index is 13.4. The van der Waals surface area contributed by atoms with E-state index in [-0.39, 0.29) is 40.7 Å². The first-order valence-corrected chi connectivity index (χ1v) is 10.3. The largest absolute Gasteiger partial charge is 0.490 e. The van der Waals surface area contributed by atoms with Crippen LogP contribution in [0, 0.1) is 10.1 Å². The Morgan fingerprint density at radius 1 is 1.00 bits per heavy atom. The standard InChI is InChI=1S/C24H19F3N2O7/c1-3-35-23(31)16-6-4-5-7-19(16)36-20-11-9-15(24(25,26)27)13-17(20)28-22(30)14-8-10-21(34-2)18(12-14)29(32)33/h4-13H,3H2,1-2H3,(H,28,30). The summed E-state index contributed by atoms with van der Waals surface area (Å²) in [5, 5.41) is 13.6. The normalized spacial score (nSPS) is 10.9. The Bertz CT molecular complexity index is 1310. The molecule has 12 heteroatoms. The van der Waals surface area contributed by atoms with E-state index in [0.717, 1.165) is 18.2 Å². The molecule has 36 heavy (non-hydrogen) atoms. The number of methoxy groups -OCH3 is 1. The number of nitrogens with one attached hydrogen (secondary N) is 1. The number of nitro benzene ring substituents is 1. The molecule has 1 N–H and O–H groups in total. The predicted molar refractivity (Wildman–Crippen MR) is 122 cm³/mol. The van der Waals surface area contributed by atoms with Crippen molar-refractivity contribution >= 4 is 23.3 Å². The van der Waals surface area contributed by atoms with Crippen molar-refractivity contribution in [3.63, 3.8) is 0 Å². The molecule has 3 aromatic carbocycles. The van der Waals surface area contributed by atoms with Crippen LogP contribution in [0.2, 0.25) is 0 Å². The Balaban J connectivity index is 2.02. The Hall–Kier alpha value is -4.61. The van der Waals surface area contributed by atoms with Crippen LogP contribution in [0.25, 0.3) is 0 Å². The number of rotatable bonds is 8. The lowest BCUT2D eigenvalue weighted by Crippen LogP contribution is -2.15. The summed E-state index contributed by atoms with van der Waals surface area (Å²) in [7, 11) is 1.21. The predicted octanol–water partition coefficient (Wildman–Crippen LogP) is 5.84. The number of hydrogen-bond acceptors (Lipinski definition) is 7. The van der Waals surface area contributed by atoms with Crippen molar-refractivity contribution < 1.29 is 41.9 Å². The van der Waals surface area contributed by atoms with Gasteiger partial charge in [-0.1, -0.05) is 12.1 Å². The summed E-state index contributed by atoms with van der Waals surface area (Å²) in [5.74, 6) is -1.99. The molecule has 0 unspecified atom stereocenters. The molecule has 0 atom stereocenters. The highest BCUT2D eigenvalue weighted by Crippen LogP contribution is 2.38. The summed E-state index contributed by atoms with van der Waals surface area (Å²) in [5.41, 5.74) is -2.16. The Labute approximate surface area is 202 Å². The maximum Gasteiger partial charge on any atom is 0.416 e. The molecule has 188 valence electrons. The molecular formula is C24H19F3N2O7. The van der Waals surface area contributed by atoms with Crippen LogP contribution in [0.15, 0.2) is 60.7 Å². The van der Waals surface area contributed by atoms with Gasteiger partial charge in [0.1, 0.15) is 11.3 Å². The van der Waals surface area contributed by atoms with E-state index in [0.29, 0.717) is 6.07 Å². The third-order valence-electron chi connectivity index (χ3n) is 4.80. The second kappa shape index (κ2) is 10.8. The average Bonchev–Trinajstić information content (AvgIpc) is 2.84. The van der Waals surface area contributed by atoms with Crippen LogP contribution in [0.4, 0.5) is 24.5 Å². The van der Waals surface area contributed by atoms with Gasteiger partial charge in [-0.25, -0.2) is 4.79 Å². The summed E-state index contributed by atoms with van der Waals surface area (Å²) in [4.78, 5) is 35.6. The summed E-state index contributed by atoms with van der Waals surface area (Å²) in [6.07, 6.45) is -4.74. The zero-order valence-corrected chi connectivity index (χ0v) is 18.9. The lowest BCUT2D eigenvalue weighted by molar-refractivity contribution is -0.385. The Kier molecular flexibility index (Phi) is 7.77. The van der Waals surface area contributed by atoms with Gasteiger partial charge in [0.05, 0.1) is 29.9 Å². The molecule has 0 aliphatic carbocycles. The van der Waals surface area contributed by atoms with Crippen molar-refractivity contribution in [2.75, 3.05) is 19.0 Å². The number of hydrogen-bond donors (Lipinski definition) is 1. The quantitative estimate of drug-likeness (QED) is 0.233. The van der Waals surface area contributed by atoms with Gasteiger partial charge in [0.15, 0.2) is 11.5 Å². The highest BCUT2D eigenvalue weighted by Gasteiger charge is 2.32. The number of amides is 1. The number of alkyl halides is 3. The van der Waals surface area contributed by atoms with E-state index >= 15 is 0 Å². The molecule has 0 radical (unpaired) electrons. The highest BCUT2D eigenvalue weighted by atomic mass is 19.4. The first-order chi connectivity index (χ1) is 17.0. The number of para-hydroxylation sites is 1. The second-order valence-electron chi connectivity index (χ2n) is 7.13. The van der Waals surface area contributed by atoms with Crippen LogP contribution in [0.5, 0.6) is 17.2 Å². The summed E-state index contributed by atoms with van der Waals surface area (Å²) in [6, 6.07) is 11.6. The number of ether oxygens (including phenoxy) is 3. The van der Waals surface area contributed by atoms with Gasteiger partial charge in [-0.15, -0.1) is 0 Å². The fourth-order valence-electron chi connectivity index (χ4n) is 3.11. The van der Waals surface area contributed by atoms with Gasteiger partial charge in [-0.05, 0) is 49.4 Å². The summed E-state index contributed by atoms with van der Waals surface area (Å²) >= 11 is 0. The van der Waals surface area contributed by atoms with Crippen molar-refractivity contribution in [1.82, 2.24) is 0 Å². The van der Waals surface area contributed by atoms with Gasteiger partial charge in [0.2, 0.25) is 0 Å². The number of nitro groups is 1. The van der Waals surface area contributed by atoms with Crippen molar-refractivity contribution in [2.24, 2.45) is 0 Å². The Morgan fingerprint density at radius 2 is 1.69 bits per heavy atom. The maximum absolute atomic E-state index is 13.4. The fraction of sp³-hybridized carbons (Fsp3) is 0.167. The van der Waals surface area contributed by atoms with Crippen LogP contribution in [0.3, 0.4) is 0 Å². The van der Waals surface area contributed by atoms with E-state index in [1.165, 1.54) is 37.4 Å². The van der Waals surface area contributed by atoms with Gasteiger partial charge in [0, 0.05) is 11.6 Å². The molecule has 0 spiro atoms. The van der Waals surface area contributed by atoms with Crippen LogP contribution >= 0.6 is 0 Å². The number of benzene rings is 3. The minimum atomic E-state index is -4.74. The van der Waals surface area contributed by atoms with Crippen molar-refractivity contribution in [3.8, 4) is 17.2 Å². The van der Waals surface area contributed by atoms with Crippen LogP contribution in [-0.2, 0) is 10.9 Å². The van der Waals surface area contributed by atoms with E-state index in [2.05, 4.69) is 5.32 Å². The molecule has 0 heterocycles. The van der Waals surface area contributed by atoms with E-state index in [9.17, 15) is 32.9 Å². The van der Waals surface area contributed by atoms with Gasteiger partial charge < -0.3 is 19.5 Å². The highest BCUT2D eigenvalue weighted by molar-refractivity contribution is 6.05. The Morgan fingerprint density at radius 3 is 2.33 bits per heavy atom. The zero-order valence-electron chi connectivity index (χ0n) is 18.9. The molecule has 0 aliphatic rings. The topological polar surface area (TPSA) is 117 Å². The van der Waals surface area contributed by atoms with Crippen LogP contribution in [0.1, 0.15) is 33.2 Å². The number of anilines is 1. The molecule has 9 nitrogen and oxygen atoms in total. The van der Waals surface area contributed by atoms with Gasteiger partial charge in [-0.3, -0.25) is 14.9 Å². The van der Waals surface area contributed by atoms with Crippen molar-refractivity contribution in [2.45, 2.75) is 13.1 Å². The van der Waals surface area contributed by atoms with Gasteiger partial charge in [0.25, 0.3) is 5.91 Å². The number of carbonyl (C=O) groups excluding carboxylic acids is 2. The molecule has 3 rings (SSSR count). The minimum absolute atomic E-state index is 0.0160. The molecule has 0 saturated heterocycles. The summed E-state index contributed by atoms with van der Waals surface area (Å²) < 4.78 is 55.6. The number of halogens is 3. The van der Waals surface area contributed by atoms with Crippen molar-refractivity contribution in [1.29, 1.82) is 0 Å². The third kappa shape index (κ3) is 5.90. The fourth-order valence-corrected chi connectivity index (χ4v) is 3.11. The van der Waals surface area contributed by atoms with E-state index < -0.39 is 34.2 Å². The van der Waals surface area contributed by atoms with Crippen LogP contribution in [-0.4, -0.2) is 30.5 Å². The third-order valence-corrected chi connectivity index (χ3v) is 4.80. The zero-order chi connectivity index (χ0) is 26.5. The molecule has 0 aromatic heterocycles. The molecule has 0 saturated carbocycles. The van der Waals surface area contributed by atoms with E-state index in [1.54, 1.807) is 13.0 Å². The first-order valence-electron chi connectivity index (χ1n) is 10.3. The molecule has 0 fully saturated rings. The summed E-state index contributed by atoms with van der Waals surface area (Å²) in [6.45, 7) is 1.69. The monoisotopic (exact) mass is 504 g/mol. The number of carbonyl (C=O) groups is 2. The SMILES string of the molecule is CCOC(=O)c1ccccc1Oc1ccc(C(F)(F)F)cc1NC(=O)c1ccc(OC)c([N+](=O)[O-])c1. The lowest BCUT2D eigenvalue weighted by atomic mass is 10.1.